The minimum atomic E-state index is -3.28. The molecule has 3 rings (SSSR count). The molecule has 2 N–H and O–H groups in total. The summed E-state index contributed by atoms with van der Waals surface area (Å²) < 4.78 is 26.1. The second-order valence-corrected chi connectivity index (χ2v) is 7.96. The van der Waals surface area contributed by atoms with E-state index in [4.69, 9.17) is 5.73 Å². The van der Waals surface area contributed by atoms with Crippen LogP contribution < -0.4 is 5.73 Å². The number of sulfonamides is 1. The van der Waals surface area contributed by atoms with Crippen molar-refractivity contribution < 1.29 is 13.2 Å². The Hall–Kier alpha value is -2.26. The van der Waals surface area contributed by atoms with Crippen LogP contribution in [0.4, 0.5) is 5.69 Å². The number of rotatable bonds is 2. The van der Waals surface area contributed by atoms with Gasteiger partial charge in [0.25, 0.3) is 5.91 Å². The molecular formula is C15H19N5O3S. The summed E-state index contributed by atoms with van der Waals surface area (Å²) in [7, 11) is -3.28. The first-order valence-corrected chi connectivity index (χ1v) is 9.32. The molecule has 0 fully saturated rings. The first-order chi connectivity index (χ1) is 11.2. The van der Waals surface area contributed by atoms with E-state index in [9.17, 15) is 13.2 Å². The van der Waals surface area contributed by atoms with E-state index in [1.807, 2.05) is 0 Å². The lowest BCUT2D eigenvalue weighted by Gasteiger charge is -2.27. The van der Waals surface area contributed by atoms with Gasteiger partial charge >= 0.3 is 0 Å². The quantitative estimate of drug-likeness (QED) is 0.844. The lowest BCUT2D eigenvalue weighted by molar-refractivity contribution is 0.0940. The topological polar surface area (TPSA) is 111 Å². The number of pyridine rings is 1. The van der Waals surface area contributed by atoms with E-state index in [0.29, 0.717) is 35.6 Å². The zero-order valence-corrected chi connectivity index (χ0v) is 14.6. The molecule has 0 saturated heterocycles. The fourth-order valence-electron chi connectivity index (χ4n) is 2.90. The number of carbonyl (C=O) groups is 1. The van der Waals surface area contributed by atoms with Crippen molar-refractivity contribution in [1.29, 1.82) is 0 Å². The van der Waals surface area contributed by atoms with Gasteiger partial charge in [-0.15, -0.1) is 0 Å². The number of anilines is 1. The van der Waals surface area contributed by atoms with E-state index in [0.717, 1.165) is 11.1 Å². The van der Waals surface area contributed by atoms with Crippen LogP contribution in [-0.2, 0) is 23.0 Å². The Morgan fingerprint density at radius 1 is 1.29 bits per heavy atom. The Labute approximate surface area is 140 Å². The summed E-state index contributed by atoms with van der Waals surface area (Å²) in [6, 6.07) is 0. The molecule has 9 heteroatoms. The molecule has 0 spiro atoms. The van der Waals surface area contributed by atoms with E-state index in [-0.39, 0.29) is 12.5 Å². The summed E-state index contributed by atoms with van der Waals surface area (Å²) >= 11 is 0. The molecule has 0 aliphatic carbocycles. The van der Waals surface area contributed by atoms with Crippen molar-refractivity contribution in [3.63, 3.8) is 0 Å². The molecule has 24 heavy (non-hydrogen) atoms. The molecule has 0 aromatic carbocycles. The van der Waals surface area contributed by atoms with Crippen LogP contribution in [0.2, 0.25) is 0 Å². The average Bonchev–Trinajstić information content (AvgIpc) is 2.80. The van der Waals surface area contributed by atoms with Crippen molar-refractivity contribution in [2.24, 2.45) is 0 Å². The zero-order chi connectivity index (χ0) is 17.6. The Morgan fingerprint density at radius 3 is 2.58 bits per heavy atom. The van der Waals surface area contributed by atoms with E-state index < -0.39 is 10.0 Å². The molecule has 0 bridgehead atoms. The van der Waals surface area contributed by atoms with Crippen molar-refractivity contribution in [1.82, 2.24) is 19.1 Å². The summed E-state index contributed by atoms with van der Waals surface area (Å²) in [4.78, 5) is 17.0. The summed E-state index contributed by atoms with van der Waals surface area (Å²) in [6.45, 7) is 4.05. The molecule has 0 saturated carbocycles. The number of hydrogen-bond donors (Lipinski definition) is 1. The second kappa shape index (κ2) is 5.67. The Balaban J connectivity index is 2.02. The lowest BCUT2D eigenvalue weighted by Crippen LogP contribution is -2.36. The number of aryl methyl sites for hydroxylation is 1. The van der Waals surface area contributed by atoms with Gasteiger partial charge in [0, 0.05) is 25.5 Å². The largest absolute Gasteiger partial charge is 0.396 e. The molecule has 128 valence electrons. The first kappa shape index (κ1) is 16.6. The highest BCUT2D eigenvalue weighted by molar-refractivity contribution is 7.88. The van der Waals surface area contributed by atoms with Gasteiger partial charge < -0.3 is 5.73 Å². The van der Waals surface area contributed by atoms with E-state index >= 15 is 0 Å². The monoisotopic (exact) mass is 349 g/mol. The standard InChI is InChI=1S/C15H19N5O3S/c1-9-14(16)10(2)20(18-9)15(21)13-7-17-6-11-8-19(24(3,22)23)5-4-12(11)13/h6-7H,4-5,8,16H2,1-3H3. The predicted octanol–water partition coefficient (Wildman–Crippen LogP) is 0.483. The van der Waals surface area contributed by atoms with Gasteiger partial charge in [-0.2, -0.15) is 14.1 Å². The van der Waals surface area contributed by atoms with Crippen LogP contribution in [-0.4, -0.2) is 46.2 Å². The van der Waals surface area contributed by atoms with Gasteiger partial charge in [-0.3, -0.25) is 9.78 Å². The highest BCUT2D eigenvalue weighted by Crippen LogP contribution is 2.25. The van der Waals surface area contributed by atoms with Crippen molar-refractivity contribution in [3.8, 4) is 0 Å². The Morgan fingerprint density at radius 2 is 2.00 bits per heavy atom. The Kier molecular flexibility index (Phi) is 3.92. The summed E-state index contributed by atoms with van der Waals surface area (Å²) in [5.74, 6) is -0.301. The van der Waals surface area contributed by atoms with Crippen molar-refractivity contribution in [2.45, 2.75) is 26.8 Å². The average molecular weight is 349 g/mol. The summed E-state index contributed by atoms with van der Waals surface area (Å²) in [5, 5.41) is 4.20. The smallest absolute Gasteiger partial charge is 0.280 e. The third-order valence-electron chi connectivity index (χ3n) is 4.34. The number of fused-ring (bicyclic) bond motifs is 1. The molecule has 2 aromatic heterocycles. The molecule has 1 aliphatic heterocycles. The SMILES string of the molecule is Cc1nn(C(=O)c2cncc3c2CCN(S(C)(=O)=O)C3)c(C)c1N. The zero-order valence-electron chi connectivity index (χ0n) is 13.8. The fraction of sp³-hybridized carbons (Fsp3) is 0.400. The molecule has 2 aromatic rings. The maximum atomic E-state index is 12.9. The molecule has 0 unspecified atom stereocenters. The molecule has 8 nitrogen and oxygen atoms in total. The van der Waals surface area contributed by atoms with Crippen LogP contribution >= 0.6 is 0 Å². The van der Waals surface area contributed by atoms with Crippen LogP contribution in [0.5, 0.6) is 0 Å². The molecule has 3 heterocycles. The van der Waals surface area contributed by atoms with Gasteiger partial charge in [-0.05, 0) is 31.4 Å². The van der Waals surface area contributed by atoms with Gasteiger partial charge in [-0.25, -0.2) is 8.42 Å². The predicted molar refractivity (Wildman–Crippen MR) is 89.0 cm³/mol. The highest BCUT2D eigenvalue weighted by Gasteiger charge is 2.28. The summed E-state index contributed by atoms with van der Waals surface area (Å²) in [5.41, 5.74) is 9.57. The number of carbonyl (C=O) groups excluding carboxylic acids is 1. The molecule has 0 radical (unpaired) electrons. The number of nitrogen functional groups attached to an aromatic ring is 1. The second-order valence-electron chi connectivity index (χ2n) is 5.97. The van der Waals surface area contributed by atoms with E-state index in [1.165, 1.54) is 21.4 Å². The molecule has 0 atom stereocenters. The van der Waals surface area contributed by atoms with Crippen molar-refractivity contribution in [3.05, 3.63) is 40.5 Å². The van der Waals surface area contributed by atoms with Crippen LogP contribution in [0.1, 0.15) is 32.9 Å². The van der Waals surface area contributed by atoms with Crippen molar-refractivity contribution >= 4 is 21.6 Å². The van der Waals surface area contributed by atoms with Crippen LogP contribution in [0.3, 0.4) is 0 Å². The third-order valence-corrected chi connectivity index (χ3v) is 5.59. The number of nitrogens with two attached hydrogens (primary N) is 1. The number of nitrogens with zero attached hydrogens (tertiary/aromatic N) is 4. The molecule has 0 amide bonds. The minimum Gasteiger partial charge on any atom is -0.396 e. The number of aromatic nitrogens is 3. The maximum Gasteiger partial charge on any atom is 0.280 e. The van der Waals surface area contributed by atoms with E-state index in [1.54, 1.807) is 20.0 Å². The van der Waals surface area contributed by atoms with Crippen molar-refractivity contribution in [2.75, 3.05) is 18.5 Å². The van der Waals surface area contributed by atoms with Crippen LogP contribution in [0, 0.1) is 13.8 Å². The molecule has 1 aliphatic rings. The normalized spacial score (nSPS) is 15.3. The first-order valence-electron chi connectivity index (χ1n) is 7.47. The van der Waals surface area contributed by atoms with Crippen LogP contribution in [0.15, 0.2) is 12.4 Å². The minimum absolute atomic E-state index is 0.224. The fourth-order valence-corrected chi connectivity index (χ4v) is 3.70. The maximum absolute atomic E-state index is 12.9. The lowest BCUT2D eigenvalue weighted by atomic mass is 9.98. The third kappa shape index (κ3) is 2.69. The number of hydrogen-bond acceptors (Lipinski definition) is 6. The van der Waals surface area contributed by atoms with E-state index in [2.05, 4.69) is 10.1 Å². The van der Waals surface area contributed by atoms with Gasteiger partial charge in [-0.1, -0.05) is 0 Å². The molecular weight excluding hydrogens is 330 g/mol. The summed E-state index contributed by atoms with van der Waals surface area (Å²) in [6.07, 6.45) is 4.75. The van der Waals surface area contributed by atoms with Gasteiger partial charge in [0.1, 0.15) is 0 Å². The Bertz CT molecular complexity index is 933. The van der Waals surface area contributed by atoms with Gasteiger partial charge in [0.15, 0.2) is 0 Å². The highest BCUT2D eigenvalue weighted by atomic mass is 32.2. The van der Waals surface area contributed by atoms with Gasteiger partial charge in [0.2, 0.25) is 10.0 Å². The van der Waals surface area contributed by atoms with Gasteiger partial charge in [0.05, 0.1) is 28.9 Å². The van der Waals surface area contributed by atoms with Crippen LogP contribution in [0.25, 0.3) is 0 Å².